The lowest BCUT2D eigenvalue weighted by atomic mass is 10.1. The van der Waals surface area contributed by atoms with Gasteiger partial charge in [0.25, 0.3) is 5.91 Å². The molecule has 1 saturated heterocycles. The Balaban J connectivity index is 1.27. The molecule has 172 valence electrons. The van der Waals surface area contributed by atoms with Crippen molar-refractivity contribution in [1.82, 2.24) is 15.1 Å². The molecule has 0 bridgehead atoms. The molecule has 4 aromatic rings. The maximum absolute atomic E-state index is 13.2. The van der Waals surface area contributed by atoms with Crippen LogP contribution in [0.25, 0.3) is 22.0 Å². The van der Waals surface area contributed by atoms with Crippen LogP contribution in [-0.2, 0) is 0 Å². The number of benzene rings is 3. The van der Waals surface area contributed by atoms with Gasteiger partial charge in [0.2, 0.25) is 0 Å². The average molecular weight is 455 g/mol. The summed E-state index contributed by atoms with van der Waals surface area (Å²) in [5.74, 6) is 1.75. The van der Waals surface area contributed by atoms with E-state index in [1.807, 2.05) is 35.2 Å². The van der Waals surface area contributed by atoms with Crippen LogP contribution < -0.4 is 14.4 Å². The maximum atomic E-state index is 13.2. The molecule has 1 fully saturated rings. The Bertz CT molecular complexity index is 1290. The van der Waals surface area contributed by atoms with Crippen LogP contribution in [0.1, 0.15) is 10.4 Å². The Morgan fingerprint density at radius 2 is 1.47 bits per heavy atom. The minimum Gasteiger partial charge on any atom is -0.496 e. The number of methoxy groups -OCH3 is 2. The first kappa shape index (κ1) is 21.7. The number of carbonyl (C=O) groups is 1. The van der Waals surface area contributed by atoms with E-state index in [9.17, 15) is 4.79 Å². The van der Waals surface area contributed by atoms with E-state index >= 15 is 0 Å². The van der Waals surface area contributed by atoms with Gasteiger partial charge in [0.15, 0.2) is 5.82 Å². The second-order valence-corrected chi connectivity index (χ2v) is 8.16. The highest BCUT2D eigenvalue weighted by molar-refractivity contribution is 6.00. The number of rotatable bonds is 5. The molecule has 1 amide bonds. The summed E-state index contributed by atoms with van der Waals surface area (Å²) in [6.07, 6.45) is 0. The second-order valence-electron chi connectivity index (χ2n) is 8.16. The molecule has 1 aliphatic heterocycles. The quantitative estimate of drug-likeness (QED) is 0.449. The molecule has 0 spiro atoms. The number of aromatic nitrogens is 2. The number of nitrogens with zero attached hydrogens (tertiary/aromatic N) is 4. The lowest BCUT2D eigenvalue weighted by Gasteiger charge is -2.35. The van der Waals surface area contributed by atoms with Gasteiger partial charge in [-0.3, -0.25) is 4.79 Å². The molecular weight excluding hydrogens is 428 g/mol. The van der Waals surface area contributed by atoms with E-state index in [0.717, 1.165) is 17.1 Å². The minimum absolute atomic E-state index is 0.0910. The highest BCUT2D eigenvalue weighted by atomic mass is 16.5. The number of amides is 1. The van der Waals surface area contributed by atoms with E-state index < -0.39 is 0 Å². The van der Waals surface area contributed by atoms with Gasteiger partial charge in [0, 0.05) is 31.7 Å². The smallest absolute Gasteiger partial charge is 0.261 e. The summed E-state index contributed by atoms with van der Waals surface area (Å²) in [4.78, 5) is 17.2. The van der Waals surface area contributed by atoms with Crippen LogP contribution in [0.15, 0.2) is 72.8 Å². The SMILES string of the molecule is COc1cccc(OC)c1C(=O)N1CCN(c2ccc(-c3ccc4ccccc4c3)nn2)CC1. The molecule has 7 nitrogen and oxygen atoms in total. The summed E-state index contributed by atoms with van der Waals surface area (Å²) in [6, 6.07) is 24.0. The van der Waals surface area contributed by atoms with Crippen molar-refractivity contribution in [2.24, 2.45) is 0 Å². The van der Waals surface area contributed by atoms with Gasteiger partial charge < -0.3 is 19.3 Å². The van der Waals surface area contributed by atoms with Gasteiger partial charge in [0.1, 0.15) is 17.1 Å². The van der Waals surface area contributed by atoms with E-state index in [1.165, 1.54) is 10.8 Å². The first-order valence-corrected chi connectivity index (χ1v) is 11.3. The number of carbonyl (C=O) groups excluding carboxylic acids is 1. The minimum atomic E-state index is -0.0910. The zero-order valence-electron chi connectivity index (χ0n) is 19.3. The van der Waals surface area contributed by atoms with Gasteiger partial charge in [-0.15, -0.1) is 10.2 Å². The largest absolute Gasteiger partial charge is 0.496 e. The fourth-order valence-electron chi connectivity index (χ4n) is 4.36. The summed E-state index contributed by atoms with van der Waals surface area (Å²) in [5.41, 5.74) is 2.34. The van der Waals surface area contributed by atoms with Crippen molar-refractivity contribution in [3.8, 4) is 22.8 Å². The number of ether oxygens (including phenoxy) is 2. The van der Waals surface area contributed by atoms with Crippen molar-refractivity contribution in [2.45, 2.75) is 0 Å². The topological polar surface area (TPSA) is 67.8 Å². The molecule has 1 aromatic heterocycles. The van der Waals surface area contributed by atoms with Gasteiger partial charge in [-0.25, -0.2) is 0 Å². The molecule has 0 radical (unpaired) electrons. The van der Waals surface area contributed by atoms with Crippen molar-refractivity contribution in [2.75, 3.05) is 45.3 Å². The molecule has 5 rings (SSSR count). The van der Waals surface area contributed by atoms with Gasteiger partial charge in [-0.1, -0.05) is 42.5 Å². The molecule has 0 saturated carbocycles. The van der Waals surface area contributed by atoms with Gasteiger partial charge in [0.05, 0.1) is 19.9 Å². The van der Waals surface area contributed by atoms with Crippen LogP contribution >= 0.6 is 0 Å². The van der Waals surface area contributed by atoms with Crippen molar-refractivity contribution >= 4 is 22.5 Å². The van der Waals surface area contributed by atoms with Gasteiger partial charge >= 0.3 is 0 Å². The van der Waals surface area contributed by atoms with Crippen LogP contribution in [-0.4, -0.2) is 61.4 Å². The summed E-state index contributed by atoms with van der Waals surface area (Å²) >= 11 is 0. The Labute approximate surface area is 198 Å². The van der Waals surface area contributed by atoms with Crippen LogP contribution in [0.3, 0.4) is 0 Å². The summed E-state index contributed by atoms with van der Waals surface area (Å²) in [6.45, 7) is 2.50. The Hall–Kier alpha value is -4.13. The predicted octanol–water partition coefficient (Wildman–Crippen LogP) is 4.28. The van der Waals surface area contributed by atoms with Crippen LogP contribution in [0.4, 0.5) is 5.82 Å². The normalized spacial score (nSPS) is 13.7. The number of hydrogen-bond donors (Lipinski definition) is 0. The van der Waals surface area contributed by atoms with Crippen molar-refractivity contribution in [3.63, 3.8) is 0 Å². The summed E-state index contributed by atoms with van der Waals surface area (Å²) < 4.78 is 10.8. The lowest BCUT2D eigenvalue weighted by Crippen LogP contribution is -2.49. The number of hydrogen-bond acceptors (Lipinski definition) is 6. The monoisotopic (exact) mass is 454 g/mol. The molecule has 0 N–H and O–H groups in total. The molecule has 0 aliphatic carbocycles. The Morgan fingerprint density at radius 3 is 2.12 bits per heavy atom. The summed E-state index contributed by atoms with van der Waals surface area (Å²) in [7, 11) is 3.12. The average Bonchev–Trinajstić information content (AvgIpc) is 2.92. The second kappa shape index (κ2) is 9.39. The fraction of sp³-hybridized carbons (Fsp3) is 0.222. The number of piperazine rings is 1. The van der Waals surface area contributed by atoms with Crippen molar-refractivity contribution in [3.05, 3.63) is 78.4 Å². The van der Waals surface area contributed by atoms with Crippen molar-refractivity contribution < 1.29 is 14.3 Å². The highest BCUT2D eigenvalue weighted by Gasteiger charge is 2.27. The summed E-state index contributed by atoms with van der Waals surface area (Å²) in [5, 5.41) is 11.3. The molecule has 34 heavy (non-hydrogen) atoms. The third-order valence-electron chi connectivity index (χ3n) is 6.23. The highest BCUT2D eigenvalue weighted by Crippen LogP contribution is 2.30. The predicted molar refractivity (Wildman–Crippen MR) is 133 cm³/mol. The third kappa shape index (κ3) is 4.12. The lowest BCUT2D eigenvalue weighted by molar-refractivity contribution is 0.0739. The molecular formula is C27H26N4O3. The van der Waals surface area contributed by atoms with Crippen LogP contribution in [0.2, 0.25) is 0 Å². The zero-order chi connectivity index (χ0) is 23.5. The van der Waals surface area contributed by atoms with E-state index in [1.54, 1.807) is 26.4 Å². The van der Waals surface area contributed by atoms with E-state index in [0.29, 0.717) is 43.2 Å². The number of anilines is 1. The first-order valence-electron chi connectivity index (χ1n) is 11.3. The fourth-order valence-corrected chi connectivity index (χ4v) is 4.36. The van der Waals surface area contributed by atoms with E-state index in [4.69, 9.17) is 9.47 Å². The van der Waals surface area contributed by atoms with Gasteiger partial charge in [-0.2, -0.15) is 0 Å². The third-order valence-corrected chi connectivity index (χ3v) is 6.23. The molecule has 7 heteroatoms. The van der Waals surface area contributed by atoms with E-state index in [2.05, 4.69) is 45.4 Å². The zero-order valence-corrected chi connectivity index (χ0v) is 19.3. The molecule has 1 aliphatic rings. The van der Waals surface area contributed by atoms with Gasteiger partial charge in [-0.05, 0) is 41.1 Å². The Kier molecular flexibility index (Phi) is 5.99. The Morgan fingerprint density at radius 1 is 0.765 bits per heavy atom. The maximum Gasteiger partial charge on any atom is 0.261 e. The van der Waals surface area contributed by atoms with Crippen molar-refractivity contribution in [1.29, 1.82) is 0 Å². The standard InChI is InChI=1S/C27H26N4O3/c1-33-23-8-5-9-24(34-2)26(23)27(32)31-16-14-30(15-17-31)25-13-12-22(28-29-25)21-11-10-19-6-3-4-7-20(19)18-21/h3-13,18H,14-17H2,1-2H3. The molecule has 0 atom stereocenters. The molecule has 0 unspecified atom stereocenters. The molecule has 3 aromatic carbocycles. The molecule has 2 heterocycles. The van der Waals surface area contributed by atoms with E-state index in [-0.39, 0.29) is 5.91 Å². The van der Waals surface area contributed by atoms with Crippen LogP contribution in [0.5, 0.6) is 11.5 Å². The first-order chi connectivity index (χ1) is 16.7. The van der Waals surface area contributed by atoms with Crippen LogP contribution in [0, 0.1) is 0 Å². The number of fused-ring (bicyclic) bond motifs is 1.